The van der Waals surface area contributed by atoms with E-state index in [-0.39, 0.29) is 21.5 Å². The maximum Gasteiger partial charge on any atom is 0.257 e. The number of nitrogens with zero attached hydrogens (tertiary/aromatic N) is 1. The van der Waals surface area contributed by atoms with Crippen LogP contribution >= 0.6 is 27.5 Å². The maximum atomic E-state index is 12.6. The number of anilines is 1. The Morgan fingerprint density at radius 2 is 1.85 bits per heavy atom. The molecule has 0 aliphatic carbocycles. The SMILES string of the molecule is Cc1cc(NC(=O)c2cc(S(=O)(=O)N(C)C(C)C)ccc2Cl)ccc1Br. The average molecular weight is 460 g/mol. The van der Waals surface area contributed by atoms with Gasteiger partial charge in [0.1, 0.15) is 0 Å². The number of benzene rings is 2. The van der Waals surface area contributed by atoms with E-state index in [4.69, 9.17) is 11.6 Å². The summed E-state index contributed by atoms with van der Waals surface area (Å²) in [5, 5.41) is 2.93. The molecule has 0 radical (unpaired) electrons. The van der Waals surface area contributed by atoms with Crippen LogP contribution in [-0.2, 0) is 10.0 Å². The van der Waals surface area contributed by atoms with Crippen LogP contribution in [0.3, 0.4) is 0 Å². The topological polar surface area (TPSA) is 66.5 Å². The lowest BCUT2D eigenvalue weighted by atomic mass is 10.2. The Morgan fingerprint density at radius 1 is 1.19 bits per heavy atom. The van der Waals surface area contributed by atoms with Crippen molar-refractivity contribution in [1.29, 1.82) is 0 Å². The molecule has 1 amide bonds. The average Bonchev–Trinajstić information content (AvgIpc) is 2.57. The van der Waals surface area contributed by atoms with Gasteiger partial charge in [0.25, 0.3) is 5.91 Å². The fourth-order valence-electron chi connectivity index (χ4n) is 2.20. The van der Waals surface area contributed by atoms with Crippen molar-refractivity contribution in [2.45, 2.75) is 31.7 Å². The van der Waals surface area contributed by atoms with E-state index in [2.05, 4.69) is 21.2 Å². The van der Waals surface area contributed by atoms with Crippen LogP contribution in [0.5, 0.6) is 0 Å². The zero-order valence-corrected chi connectivity index (χ0v) is 18.0. The molecule has 5 nitrogen and oxygen atoms in total. The molecule has 0 aromatic heterocycles. The number of nitrogens with one attached hydrogen (secondary N) is 1. The van der Waals surface area contributed by atoms with Crippen molar-refractivity contribution in [2.24, 2.45) is 0 Å². The third kappa shape index (κ3) is 4.46. The number of rotatable bonds is 5. The van der Waals surface area contributed by atoms with Crippen molar-refractivity contribution < 1.29 is 13.2 Å². The van der Waals surface area contributed by atoms with E-state index in [1.165, 1.54) is 29.6 Å². The van der Waals surface area contributed by atoms with Gasteiger partial charge in [0, 0.05) is 23.2 Å². The summed E-state index contributed by atoms with van der Waals surface area (Å²) in [7, 11) is -2.21. The lowest BCUT2D eigenvalue weighted by molar-refractivity contribution is 0.102. The van der Waals surface area contributed by atoms with Crippen LogP contribution < -0.4 is 5.32 Å². The molecule has 0 saturated heterocycles. The molecule has 0 atom stereocenters. The first-order valence-corrected chi connectivity index (χ1v) is 10.5. The number of aryl methyl sites for hydroxylation is 1. The van der Waals surface area contributed by atoms with E-state index >= 15 is 0 Å². The Kier molecular flexibility index (Phi) is 6.50. The Labute approximate surface area is 167 Å². The lowest BCUT2D eigenvalue weighted by Gasteiger charge is -2.21. The highest BCUT2D eigenvalue weighted by Crippen LogP contribution is 2.25. The fourth-order valence-corrected chi connectivity index (χ4v) is 4.05. The van der Waals surface area contributed by atoms with Crippen LogP contribution in [0.2, 0.25) is 5.02 Å². The molecule has 0 unspecified atom stereocenters. The van der Waals surface area contributed by atoms with Crippen LogP contribution in [0.25, 0.3) is 0 Å². The fraction of sp³-hybridized carbons (Fsp3) is 0.278. The summed E-state index contributed by atoms with van der Waals surface area (Å²) in [6.07, 6.45) is 0. The monoisotopic (exact) mass is 458 g/mol. The minimum Gasteiger partial charge on any atom is -0.322 e. The normalized spacial score (nSPS) is 11.8. The molecule has 0 heterocycles. The molecule has 140 valence electrons. The lowest BCUT2D eigenvalue weighted by Crippen LogP contribution is -2.33. The van der Waals surface area contributed by atoms with E-state index in [1.807, 2.05) is 19.1 Å². The summed E-state index contributed by atoms with van der Waals surface area (Å²) < 4.78 is 27.5. The second-order valence-corrected chi connectivity index (χ2v) is 9.43. The predicted octanol–water partition coefficient (Wildman–Crippen LogP) is 4.69. The molecule has 0 aliphatic rings. The molecule has 0 fully saturated rings. The smallest absolute Gasteiger partial charge is 0.257 e. The zero-order chi connectivity index (χ0) is 19.6. The minimum absolute atomic E-state index is 0.0234. The molecule has 1 N–H and O–H groups in total. The van der Waals surface area contributed by atoms with Crippen LogP contribution in [0, 0.1) is 6.92 Å². The minimum atomic E-state index is -3.71. The maximum absolute atomic E-state index is 12.6. The van der Waals surface area contributed by atoms with Crippen molar-refractivity contribution in [3.05, 3.63) is 57.0 Å². The molecule has 0 aliphatic heterocycles. The first kappa shape index (κ1) is 20.9. The van der Waals surface area contributed by atoms with Crippen molar-refractivity contribution in [2.75, 3.05) is 12.4 Å². The molecule has 2 rings (SSSR count). The quantitative estimate of drug-likeness (QED) is 0.705. The van der Waals surface area contributed by atoms with Crippen LogP contribution in [0.1, 0.15) is 29.8 Å². The van der Waals surface area contributed by atoms with E-state index in [0.29, 0.717) is 5.69 Å². The summed E-state index contributed by atoms with van der Waals surface area (Å²) >= 11 is 9.53. The molecule has 0 saturated carbocycles. The van der Waals surface area contributed by atoms with Crippen molar-refractivity contribution in [3.8, 4) is 0 Å². The molecular weight excluding hydrogens is 440 g/mol. The number of sulfonamides is 1. The van der Waals surface area contributed by atoms with Crippen molar-refractivity contribution in [3.63, 3.8) is 0 Å². The Morgan fingerprint density at radius 3 is 2.42 bits per heavy atom. The van der Waals surface area contributed by atoms with E-state index in [1.54, 1.807) is 19.9 Å². The number of carbonyl (C=O) groups is 1. The van der Waals surface area contributed by atoms with Gasteiger partial charge >= 0.3 is 0 Å². The first-order valence-electron chi connectivity index (χ1n) is 7.89. The largest absolute Gasteiger partial charge is 0.322 e. The molecule has 8 heteroatoms. The summed E-state index contributed by atoms with van der Waals surface area (Å²) in [6, 6.07) is 9.29. The van der Waals surface area contributed by atoms with Gasteiger partial charge in [-0.25, -0.2) is 8.42 Å². The van der Waals surface area contributed by atoms with Gasteiger partial charge < -0.3 is 5.32 Å². The van der Waals surface area contributed by atoms with Gasteiger partial charge in [-0.1, -0.05) is 27.5 Å². The van der Waals surface area contributed by atoms with Gasteiger partial charge in [0.2, 0.25) is 10.0 Å². The highest BCUT2D eigenvalue weighted by molar-refractivity contribution is 9.10. The Bertz CT molecular complexity index is 945. The van der Waals surface area contributed by atoms with E-state index in [9.17, 15) is 13.2 Å². The summed E-state index contributed by atoms with van der Waals surface area (Å²) in [6.45, 7) is 5.45. The molecule has 26 heavy (non-hydrogen) atoms. The zero-order valence-electron chi connectivity index (χ0n) is 14.9. The van der Waals surface area contributed by atoms with Crippen LogP contribution in [0.15, 0.2) is 45.8 Å². The third-order valence-electron chi connectivity index (χ3n) is 4.00. The summed E-state index contributed by atoms with van der Waals surface area (Å²) in [5.74, 6) is -0.471. The molecule has 2 aromatic rings. The van der Waals surface area contributed by atoms with Gasteiger partial charge in [-0.15, -0.1) is 0 Å². The van der Waals surface area contributed by atoms with Gasteiger partial charge in [-0.2, -0.15) is 4.31 Å². The molecular formula is C18H20BrClN2O3S. The van der Waals surface area contributed by atoms with Crippen molar-refractivity contribution in [1.82, 2.24) is 4.31 Å². The summed E-state index contributed by atoms with van der Waals surface area (Å²) in [4.78, 5) is 12.6. The Balaban J connectivity index is 2.37. The number of amides is 1. The second kappa shape index (κ2) is 8.08. The van der Waals surface area contributed by atoms with Gasteiger partial charge in [-0.3, -0.25) is 4.79 Å². The van der Waals surface area contributed by atoms with E-state index < -0.39 is 15.9 Å². The third-order valence-corrected chi connectivity index (χ3v) is 7.25. The number of hydrogen-bond acceptors (Lipinski definition) is 3. The van der Waals surface area contributed by atoms with Gasteiger partial charge in [-0.05, 0) is 62.7 Å². The highest BCUT2D eigenvalue weighted by atomic mass is 79.9. The Hall–Kier alpha value is -1.41. The van der Waals surface area contributed by atoms with Crippen LogP contribution in [-0.4, -0.2) is 31.7 Å². The summed E-state index contributed by atoms with van der Waals surface area (Å²) in [5.41, 5.74) is 1.66. The van der Waals surface area contributed by atoms with Crippen LogP contribution in [0.4, 0.5) is 5.69 Å². The first-order chi connectivity index (χ1) is 12.0. The number of carbonyl (C=O) groups excluding carboxylic acids is 1. The number of hydrogen-bond donors (Lipinski definition) is 1. The van der Waals surface area contributed by atoms with Gasteiger partial charge in [0.15, 0.2) is 0 Å². The van der Waals surface area contributed by atoms with E-state index in [0.717, 1.165) is 10.0 Å². The molecule has 2 aromatic carbocycles. The molecule has 0 bridgehead atoms. The second-order valence-electron chi connectivity index (χ2n) is 6.17. The van der Waals surface area contributed by atoms with Crippen molar-refractivity contribution >= 4 is 49.1 Å². The number of halogens is 2. The molecule has 0 spiro atoms. The van der Waals surface area contributed by atoms with Gasteiger partial charge in [0.05, 0.1) is 15.5 Å². The standard InChI is InChI=1S/C18H20BrClN2O3S/c1-11(2)22(4)26(24,25)14-6-8-17(20)15(10-14)18(23)21-13-5-7-16(19)12(3)9-13/h5-11H,1-4H3,(H,21,23). The predicted molar refractivity (Wildman–Crippen MR) is 108 cm³/mol. The highest BCUT2D eigenvalue weighted by Gasteiger charge is 2.25.